The molecular weight excluding hydrogens is 366 g/mol. The van der Waals surface area contributed by atoms with Crippen LogP contribution in [-0.4, -0.2) is 37.5 Å². The normalized spacial score (nSPS) is 13.1. The van der Waals surface area contributed by atoms with Crippen LogP contribution in [0.5, 0.6) is 0 Å². The van der Waals surface area contributed by atoms with Crippen LogP contribution in [0.25, 0.3) is 16.4 Å². The number of fused-ring (bicyclic) bond motifs is 2. The van der Waals surface area contributed by atoms with E-state index in [0.29, 0.717) is 17.3 Å². The lowest BCUT2D eigenvalue weighted by Gasteiger charge is -2.09. The first-order valence-corrected chi connectivity index (χ1v) is 9.31. The highest BCUT2D eigenvalue weighted by molar-refractivity contribution is 5.99. The number of nitrogens with one attached hydrogen (secondary N) is 2. The second kappa shape index (κ2) is 6.87. The lowest BCUT2D eigenvalue weighted by molar-refractivity contribution is -0.117. The smallest absolute Gasteiger partial charge is 0.228 e. The van der Waals surface area contributed by atoms with Crippen LogP contribution in [-0.2, 0) is 4.79 Å². The molecule has 0 bridgehead atoms. The fourth-order valence-electron chi connectivity index (χ4n) is 3.12. The van der Waals surface area contributed by atoms with Crippen LogP contribution in [0.1, 0.15) is 24.1 Å². The highest BCUT2D eigenvalue weighted by atomic mass is 16.2. The number of rotatable bonds is 3. The molecule has 0 atom stereocenters. The molecule has 0 radical (unpaired) electrons. The van der Waals surface area contributed by atoms with E-state index in [4.69, 9.17) is 0 Å². The quantitative estimate of drug-likeness (QED) is 0.528. The molecule has 0 saturated heterocycles. The van der Waals surface area contributed by atoms with Gasteiger partial charge in [0.15, 0.2) is 5.65 Å². The van der Waals surface area contributed by atoms with Crippen molar-refractivity contribution in [2.75, 3.05) is 17.7 Å². The summed E-state index contributed by atoms with van der Waals surface area (Å²) < 4.78 is 1.69. The summed E-state index contributed by atoms with van der Waals surface area (Å²) in [5.41, 5.74) is 2.15. The molecule has 4 aromatic rings. The predicted octanol–water partition coefficient (Wildman–Crippen LogP) is 2.46. The van der Waals surface area contributed by atoms with Gasteiger partial charge in [0.05, 0.1) is 11.8 Å². The third-order valence-corrected chi connectivity index (χ3v) is 4.81. The molecule has 8 nitrogen and oxygen atoms in total. The number of imidazole rings is 1. The zero-order valence-corrected chi connectivity index (χ0v) is 15.7. The van der Waals surface area contributed by atoms with E-state index in [1.807, 2.05) is 18.2 Å². The van der Waals surface area contributed by atoms with Crippen molar-refractivity contribution < 1.29 is 4.79 Å². The van der Waals surface area contributed by atoms with Crippen molar-refractivity contribution in [2.24, 2.45) is 5.92 Å². The Kier molecular flexibility index (Phi) is 4.06. The predicted molar refractivity (Wildman–Crippen MR) is 109 cm³/mol. The van der Waals surface area contributed by atoms with Crippen molar-refractivity contribution in [3.05, 3.63) is 54.2 Å². The summed E-state index contributed by atoms with van der Waals surface area (Å²) in [5, 5.41) is 11.9. The maximum absolute atomic E-state index is 12.1. The van der Waals surface area contributed by atoms with Gasteiger partial charge in [0.25, 0.3) is 0 Å². The fourth-order valence-corrected chi connectivity index (χ4v) is 3.12. The van der Waals surface area contributed by atoms with E-state index >= 15 is 0 Å². The van der Waals surface area contributed by atoms with Gasteiger partial charge in [0.2, 0.25) is 5.91 Å². The van der Waals surface area contributed by atoms with Gasteiger partial charge in [0.1, 0.15) is 17.3 Å². The third kappa shape index (κ3) is 3.23. The number of carbonyl (C=O) groups excluding carboxylic acids is 1. The van der Waals surface area contributed by atoms with Gasteiger partial charge < -0.3 is 10.6 Å². The van der Waals surface area contributed by atoms with E-state index < -0.39 is 0 Å². The molecule has 1 saturated carbocycles. The summed E-state index contributed by atoms with van der Waals surface area (Å²) in [4.78, 5) is 25.2. The SMILES string of the molecule is CNc1ncc(C#Cc2cnc3cccnn23)c2cc(NC(=O)C3CC3)ncc12. The first-order chi connectivity index (χ1) is 14.2. The number of aromatic nitrogens is 5. The van der Waals surface area contributed by atoms with Crippen LogP contribution in [0.3, 0.4) is 0 Å². The van der Waals surface area contributed by atoms with E-state index in [0.717, 1.165) is 34.8 Å². The van der Waals surface area contributed by atoms with Gasteiger partial charge in [-0.05, 0) is 37.0 Å². The summed E-state index contributed by atoms with van der Waals surface area (Å²) in [6.45, 7) is 0. The van der Waals surface area contributed by atoms with Crippen molar-refractivity contribution in [3.63, 3.8) is 0 Å². The van der Waals surface area contributed by atoms with Gasteiger partial charge in [-0.15, -0.1) is 0 Å². The average Bonchev–Trinajstić information content (AvgIpc) is 3.53. The Morgan fingerprint density at radius 3 is 2.86 bits per heavy atom. The Morgan fingerprint density at radius 1 is 1.14 bits per heavy atom. The van der Waals surface area contributed by atoms with Gasteiger partial charge in [-0.25, -0.2) is 19.5 Å². The molecule has 29 heavy (non-hydrogen) atoms. The number of amides is 1. The summed E-state index contributed by atoms with van der Waals surface area (Å²) in [5.74, 6) is 7.64. The van der Waals surface area contributed by atoms with Gasteiger partial charge in [-0.2, -0.15) is 5.10 Å². The molecule has 1 amide bonds. The van der Waals surface area contributed by atoms with Crippen molar-refractivity contribution in [1.82, 2.24) is 24.6 Å². The number of hydrogen-bond donors (Lipinski definition) is 2. The Labute approximate surface area is 166 Å². The zero-order valence-electron chi connectivity index (χ0n) is 15.7. The molecule has 8 heteroatoms. The molecular formula is C21H17N7O. The molecule has 1 aliphatic rings. The van der Waals surface area contributed by atoms with E-state index in [9.17, 15) is 4.79 Å². The first-order valence-electron chi connectivity index (χ1n) is 9.31. The van der Waals surface area contributed by atoms with Gasteiger partial charge >= 0.3 is 0 Å². The second-order valence-electron chi connectivity index (χ2n) is 6.84. The average molecular weight is 383 g/mol. The fraction of sp³-hybridized carbons (Fsp3) is 0.190. The molecule has 142 valence electrons. The maximum atomic E-state index is 12.1. The van der Waals surface area contributed by atoms with Gasteiger partial charge in [0, 0.05) is 42.3 Å². The van der Waals surface area contributed by atoms with Crippen molar-refractivity contribution in [3.8, 4) is 11.8 Å². The minimum absolute atomic E-state index is 0.0178. The van der Waals surface area contributed by atoms with Crippen LogP contribution in [0.15, 0.2) is 43.0 Å². The van der Waals surface area contributed by atoms with E-state index in [2.05, 4.69) is 42.5 Å². The molecule has 1 aliphatic carbocycles. The minimum Gasteiger partial charge on any atom is -0.373 e. The van der Waals surface area contributed by atoms with Crippen molar-refractivity contribution in [1.29, 1.82) is 0 Å². The van der Waals surface area contributed by atoms with E-state index in [1.165, 1.54) is 0 Å². The number of hydrogen-bond acceptors (Lipinski definition) is 6. The molecule has 0 unspecified atom stereocenters. The van der Waals surface area contributed by atoms with E-state index in [1.54, 1.807) is 36.4 Å². The zero-order chi connectivity index (χ0) is 19.8. The topological polar surface area (TPSA) is 97.1 Å². The number of nitrogens with zero attached hydrogens (tertiary/aromatic N) is 5. The first kappa shape index (κ1) is 17.1. The summed E-state index contributed by atoms with van der Waals surface area (Å²) in [7, 11) is 1.81. The molecule has 5 rings (SSSR count). The number of carbonyl (C=O) groups is 1. The lowest BCUT2D eigenvalue weighted by Crippen LogP contribution is -2.14. The summed E-state index contributed by atoms with van der Waals surface area (Å²) >= 11 is 0. The lowest BCUT2D eigenvalue weighted by atomic mass is 10.1. The minimum atomic E-state index is 0.0178. The van der Waals surface area contributed by atoms with Gasteiger partial charge in [-0.1, -0.05) is 5.92 Å². The van der Waals surface area contributed by atoms with Crippen molar-refractivity contribution in [2.45, 2.75) is 12.8 Å². The number of anilines is 2. The Hall–Kier alpha value is -3.99. The number of pyridine rings is 2. The monoisotopic (exact) mass is 383 g/mol. The van der Waals surface area contributed by atoms with Gasteiger partial charge in [-0.3, -0.25) is 4.79 Å². The summed E-state index contributed by atoms with van der Waals surface area (Å²) in [6, 6.07) is 5.55. The summed E-state index contributed by atoms with van der Waals surface area (Å²) in [6.07, 6.45) is 8.69. The molecule has 0 spiro atoms. The van der Waals surface area contributed by atoms with Crippen LogP contribution < -0.4 is 10.6 Å². The van der Waals surface area contributed by atoms with Crippen LogP contribution >= 0.6 is 0 Å². The standard InChI is InChI=1S/C21H17N7O/c1-22-20-17-12-23-18(27-21(29)13-4-5-13)9-16(17)14(10-25-20)6-7-15-11-24-19-3-2-8-26-28(15)19/h2-3,8-13H,4-5H2,1H3,(H,22,25)(H,23,27,29). The molecule has 0 aromatic carbocycles. The van der Waals surface area contributed by atoms with Crippen LogP contribution in [0, 0.1) is 17.8 Å². The maximum Gasteiger partial charge on any atom is 0.228 e. The highest BCUT2D eigenvalue weighted by Crippen LogP contribution is 2.31. The third-order valence-electron chi connectivity index (χ3n) is 4.81. The molecule has 2 N–H and O–H groups in total. The van der Waals surface area contributed by atoms with Crippen LogP contribution in [0.4, 0.5) is 11.6 Å². The Balaban J connectivity index is 1.58. The second-order valence-corrected chi connectivity index (χ2v) is 6.84. The Bertz CT molecular complexity index is 1310. The molecule has 4 heterocycles. The molecule has 4 aromatic heterocycles. The molecule has 0 aliphatic heterocycles. The Morgan fingerprint density at radius 2 is 2.03 bits per heavy atom. The molecule has 1 fully saturated rings. The van der Waals surface area contributed by atoms with Crippen LogP contribution in [0.2, 0.25) is 0 Å². The van der Waals surface area contributed by atoms with Crippen molar-refractivity contribution >= 4 is 34.0 Å². The largest absolute Gasteiger partial charge is 0.373 e. The van der Waals surface area contributed by atoms with E-state index in [-0.39, 0.29) is 11.8 Å². The highest BCUT2D eigenvalue weighted by Gasteiger charge is 2.29.